The zero-order valence-electron chi connectivity index (χ0n) is 6.40. The van der Waals surface area contributed by atoms with Crippen LogP contribution in [0.1, 0.15) is 10.8 Å². The van der Waals surface area contributed by atoms with Crippen LogP contribution in [0, 0.1) is 3.95 Å². The number of carboxylic acid groups (broad SMARTS) is 1. The largest absolute Gasteiger partial charge is 0.481 e. The fourth-order valence-corrected chi connectivity index (χ4v) is 2.42. The average molecular weight is 214 g/mol. The van der Waals surface area contributed by atoms with Gasteiger partial charge in [-0.05, 0) is 24.5 Å². The molecule has 3 N–H and O–H groups in total. The van der Waals surface area contributed by atoms with E-state index < -0.39 is 11.9 Å². The van der Waals surface area contributed by atoms with Gasteiger partial charge in [-0.3, -0.25) is 4.79 Å². The van der Waals surface area contributed by atoms with Crippen LogP contribution >= 0.6 is 23.6 Å². The van der Waals surface area contributed by atoms with Crippen LogP contribution in [-0.4, -0.2) is 16.1 Å². The second-order valence-electron chi connectivity index (χ2n) is 2.57. The van der Waals surface area contributed by atoms with Crippen LogP contribution < -0.4 is 5.32 Å². The number of hydrogen-bond donors (Lipinski definition) is 3. The summed E-state index contributed by atoms with van der Waals surface area (Å²) < 4.78 is 0.590. The van der Waals surface area contributed by atoms with E-state index in [1.165, 1.54) is 11.3 Å². The normalized spacial score (nSPS) is 19.2. The van der Waals surface area contributed by atoms with Gasteiger partial charge in [0.25, 0.3) is 0 Å². The number of fused-ring (bicyclic) bond motifs is 1. The first kappa shape index (κ1) is 8.46. The van der Waals surface area contributed by atoms with Gasteiger partial charge in [0.1, 0.15) is 11.7 Å². The van der Waals surface area contributed by atoms with Gasteiger partial charge in [-0.15, -0.1) is 11.3 Å². The van der Waals surface area contributed by atoms with Crippen LogP contribution in [0.4, 0.5) is 5.82 Å². The Kier molecular flexibility index (Phi) is 1.93. The topological polar surface area (TPSA) is 65.1 Å². The fourth-order valence-electron chi connectivity index (χ4n) is 1.18. The monoisotopic (exact) mass is 214 g/mol. The SMILES string of the molecule is O=C(O)C1C=CNc2[nH]c(=S)sc21. The van der Waals surface area contributed by atoms with Crippen molar-refractivity contribution in [1.29, 1.82) is 0 Å². The van der Waals surface area contributed by atoms with Crippen molar-refractivity contribution in [2.75, 3.05) is 5.32 Å². The van der Waals surface area contributed by atoms with Gasteiger partial charge in [0.2, 0.25) is 0 Å². The van der Waals surface area contributed by atoms with Crippen LogP contribution in [0.5, 0.6) is 0 Å². The van der Waals surface area contributed by atoms with E-state index in [2.05, 4.69) is 10.3 Å². The number of nitrogens with one attached hydrogen (secondary N) is 2. The van der Waals surface area contributed by atoms with Gasteiger partial charge in [-0.2, -0.15) is 0 Å². The summed E-state index contributed by atoms with van der Waals surface area (Å²) in [5.74, 6) is -0.733. The summed E-state index contributed by atoms with van der Waals surface area (Å²) in [5, 5.41) is 11.8. The minimum Gasteiger partial charge on any atom is -0.481 e. The smallest absolute Gasteiger partial charge is 0.315 e. The molecule has 13 heavy (non-hydrogen) atoms. The molecule has 0 spiro atoms. The Morgan fingerprint density at radius 3 is 3.15 bits per heavy atom. The molecule has 68 valence electrons. The van der Waals surface area contributed by atoms with Crippen molar-refractivity contribution in [3.63, 3.8) is 0 Å². The second-order valence-corrected chi connectivity index (χ2v) is 4.29. The predicted octanol–water partition coefficient (Wildman–Crippen LogP) is 1.91. The highest BCUT2D eigenvalue weighted by Gasteiger charge is 2.24. The van der Waals surface area contributed by atoms with E-state index in [1.807, 2.05) is 0 Å². The second kappa shape index (κ2) is 2.97. The van der Waals surface area contributed by atoms with Crippen LogP contribution in [0.2, 0.25) is 0 Å². The van der Waals surface area contributed by atoms with Crippen molar-refractivity contribution in [2.24, 2.45) is 0 Å². The molecule has 1 unspecified atom stereocenters. The fraction of sp³-hybridized carbons (Fsp3) is 0.143. The number of H-pyrrole nitrogens is 1. The molecular weight excluding hydrogens is 208 g/mol. The Morgan fingerprint density at radius 1 is 1.69 bits per heavy atom. The predicted molar refractivity (Wildman–Crippen MR) is 52.6 cm³/mol. The molecule has 0 fully saturated rings. The molecule has 0 aromatic carbocycles. The first-order valence-electron chi connectivity index (χ1n) is 3.57. The van der Waals surface area contributed by atoms with Crippen LogP contribution in [0.15, 0.2) is 12.3 Å². The van der Waals surface area contributed by atoms with Crippen molar-refractivity contribution in [3.8, 4) is 0 Å². The zero-order valence-corrected chi connectivity index (χ0v) is 8.04. The van der Waals surface area contributed by atoms with Gasteiger partial charge in [0.05, 0.1) is 4.88 Å². The van der Waals surface area contributed by atoms with Gasteiger partial charge >= 0.3 is 5.97 Å². The maximum Gasteiger partial charge on any atom is 0.315 e. The zero-order chi connectivity index (χ0) is 9.42. The van der Waals surface area contributed by atoms with E-state index in [1.54, 1.807) is 12.3 Å². The van der Waals surface area contributed by atoms with Crippen LogP contribution in [0.3, 0.4) is 0 Å². The molecule has 0 bridgehead atoms. The van der Waals surface area contributed by atoms with Crippen molar-refractivity contribution in [1.82, 2.24) is 4.98 Å². The molecule has 1 aromatic heterocycles. The minimum absolute atomic E-state index is 0.575. The Labute approximate surface area is 82.9 Å². The minimum atomic E-state index is -0.857. The number of anilines is 1. The van der Waals surface area contributed by atoms with Gasteiger partial charge in [0.15, 0.2) is 3.95 Å². The van der Waals surface area contributed by atoms with E-state index in [4.69, 9.17) is 17.3 Å². The van der Waals surface area contributed by atoms with E-state index in [9.17, 15) is 4.79 Å². The lowest BCUT2D eigenvalue weighted by Crippen LogP contribution is -2.12. The first-order valence-corrected chi connectivity index (χ1v) is 4.80. The van der Waals surface area contributed by atoms with Crippen LogP contribution in [0.25, 0.3) is 0 Å². The summed E-state index contributed by atoms with van der Waals surface area (Å²) in [6.45, 7) is 0. The number of carboxylic acids is 1. The number of aromatic amines is 1. The molecule has 1 aliphatic heterocycles. The van der Waals surface area contributed by atoms with Gasteiger partial charge in [0, 0.05) is 0 Å². The third-order valence-electron chi connectivity index (χ3n) is 1.74. The standard InChI is InChI=1S/C7H6N2O2S2/c10-6(11)3-1-2-8-5-4(3)13-7(12)9-5/h1-3,8H,(H,9,12)(H,10,11). The lowest BCUT2D eigenvalue weighted by molar-refractivity contribution is -0.137. The Morgan fingerprint density at radius 2 is 2.46 bits per heavy atom. The molecule has 4 nitrogen and oxygen atoms in total. The molecule has 6 heteroatoms. The lowest BCUT2D eigenvalue weighted by Gasteiger charge is -2.12. The molecule has 0 aliphatic carbocycles. The summed E-state index contributed by atoms with van der Waals surface area (Å²) in [5.41, 5.74) is 0. The average Bonchev–Trinajstić information content (AvgIpc) is 2.43. The van der Waals surface area contributed by atoms with Crippen molar-refractivity contribution in [3.05, 3.63) is 21.1 Å². The summed E-state index contributed by atoms with van der Waals surface area (Å²) in [6, 6.07) is 0. The summed E-state index contributed by atoms with van der Waals surface area (Å²) in [7, 11) is 0. The molecule has 0 saturated heterocycles. The molecule has 1 aromatic rings. The van der Waals surface area contributed by atoms with Gasteiger partial charge in [-0.1, -0.05) is 0 Å². The van der Waals surface area contributed by atoms with Crippen molar-refractivity contribution in [2.45, 2.75) is 5.92 Å². The molecule has 1 atom stereocenters. The third-order valence-corrected chi connectivity index (χ3v) is 3.06. The molecule has 2 rings (SSSR count). The molecular formula is C7H6N2O2S2. The maximum absolute atomic E-state index is 10.8. The maximum atomic E-state index is 10.8. The molecule has 2 heterocycles. The first-order chi connectivity index (χ1) is 6.18. The molecule has 1 aliphatic rings. The third kappa shape index (κ3) is 1.38. The number of aromatic nitrogens is 1. The summed E-state index contributed by atoms with van der Waals surface area (Å²) in [4.78, 5) is 14.4. The van der Waals surface area contributed by atoms with Gasteiger partial charge < -0.3 is 15.4 Å². The van der Waals surface area contributed by atoms with E-state index >= 15 is 0 Å². The Bertz CT molecular complexity index is 432. The highest BCUT2D eigenvalue weighted by molar-refractivity contribution is 7.73. The Hall–Kier alpha value is -1.14. The molecule has 0 amide bonds. The Balaban J connectivity index is 2.53. The van der Waals surface area contributed by atoms with Crippen molar-refractivity contribution < 1.29 is 9.90 Å². The van der Waals surface area contributed by atoms with E-state index in [-0.39, 0.29) is 0 Å². The number of thiazole rings is 1. The highest BCUT2D eigenvalue weighted by Crippen LogP contribution is 2.33. The number of carbonyl (C=O) groups is 1. The number of hydrogen-bond acceptors (Lipinski definition) is 4. The van der Waals surface area contributed by atoms with E-state index in [0.29, 0.717) is 9.77 Å². The number of aliphatic carboxylic acids is 1. The van der Waals surface area contributed by atoms with E-state index in [0.717, 1.165) is 4.88 Å². The molecule has 0 radical (unpaired) electrons. The number of rotatable bonds is 1. The van der Waals surface area contributed by atoms with Crippen LogP contribution in [-0.2, 0) is 4.79 Å². The summed E-state index contributed by atoms with van der Waals surface area (Å²) in [6.07, 6.45) is 3.21. The van der Waals surface area contributed by atoms with Gasteiger partial charge in [-0.25, -0.2) is 0 Å². The molecule has 0 saturated carbocycles. The quantitative estimate of drug-likeness (QED) is 0.625. The lowest BCUT2D eigenvalue weighted by atomic mass is 10.1. The highest BCUT2D eigenvalue weighted by atomic mass is 32.1. The summed E-state index contributed by atoms with van der Waals surface area (Å²) >= 11 is 6.21. The van der Waals surface area contributed by atoms with Crippen molar-refractivity contribution >= 4 is 35.3 Å².